The van der Waals surface area contributed by atoms with Gasteiger partial charge in [-0.2, -0.15) is 5.10 Å². The molecule has 6 rings (SSSR count). The van der Waals surface area contributed by atoms with E-state index in [1.54, 1.807) is 36.7 Å². The van der Waals surface area contributed by atoms with Gasteiger partial charge in [-0.15, -0.1) is 0 Å². The number of primary sulfonamides is 1. The summed E-state index contributed by atoms with van der Waals surface area (Å²) in [6.45, 7) is 3.01. The van der Waals surface area contributed by atoms with Gasteiger partial charge in [0, 0.05) is 64.9 Å². The van der Waals surface area contributed by atoms with Crippen LogP contribution in [0.25, 0.3) is 44.5 Å². The molecule has 0 radical (unpaired) electrons. The molecule has 38 heavy (non-hydrogen) atoms. The topological polar surface area (TPSA) is 140 Å². The molecule has 12 heteroatoms. The molecule has 0 atom stereocenters. The molecule has 1 saturated heterocycles. The van der Waals surface area contributed by atoms with Crippen molar-refractivity contribution in [2.75, 3.05) is 31.2 Å². The highest BCUT2D eigenvalue weighted by Gasteiger charge is 2.19. The maximum absolute atomic E-state index is 12.2. The molecule has 1 aromatic carbocycles. The minimum Gasteiger partial charge on any atom is -0.378 e. The molecule has 1 aliphatic heterocycles. The number of aromatic nitrogens is 5. The highest BCUT2D eigenvalue weighted by Crippen LogP contribution is 2.35. The number of nitrogens with one attached hydrogen (secondary N) is 1. The quantitative estimate of drug-likeness (QED) is 0.316. The van der Waals surface area contributed by atoms with Gasteiger partial charge >= 0.3 is 0 Å². The van der Waals surface area contributed by atoms with Crippen LogP contribution in [-0.4, -0.2) is 59.9 Å². The number of sulfonamides is 1. The number of pyridine rings is 3. The van der Waals surface area contributed by atoms with E-state index in [-0.39, 0.29) is 10.0 Å². The number of benzene rings is 1. The number of nitrogens with two attached hydrogens (primary N) is 1. The Labute approximate surface area is 223 Å². The zero-order chi connectivity index (χ0) is 26.3. The van der Waals surface area contributed by atoms with Crippen LogP contribution in [0, 0.1) is 0 Å². The van der Waals surface area contributed by atoms with Crippen molar-refractivity contribution in [1.82, 2.24) is 25.1 Å². The molecule has 0 bridgehead atoms. The normalized spacial score (nSPS) is 14.2. The first-order chi connectivity index (χ1) is 18.4. The lowest BCUT2D eigenvalue weighted by Crippen LogP contribution is -2.36. The summed E-state index contributed by atoms with van der Waals surface area (Å²) in [5.41, 5.74) is 4.51. The predicted octanol–water partition coefficient (Wildman–Crippen LogP) is 3.89. The summed E-state index contributed by atoms with van der Waals surface area (Å²) in [5.74, 6) is 0.902. The molecule has 0 saturated carbocycles. The molecule has 5 heterocycles. The monoisotopic (exact) mass is 547 g/mol. The average Bonchev–Trinajstić information content (AvgIpc) is 3.37. The third kappa shape index (κ3) is 4.61. The second-order valence-electron chi connectivity index (χ2n) is 8.80. The number of hydrogen-bond donors (Lipinski definition) is 2. The van der Waals surface area contributed by atoms with Crippen LogP contribution in [-0.2, 0) is 14.8 Å². The Morgan fingerprint density at radius 2 is 1.63 bits per heavy atom. The fraction of sp³-hybridized carbons (Fsp3) is 0.154. The van der Waals surface area contributed by atoms with Crippen LogP contribution in [0.1, 0.15) is 0 Å². The van der Waals surface area contributed by atoms with Gasteiger partial charge in [0.05, 0.1) is 23.8 Å². The van der Waals surface area contributed by atoms with Crippen LogP contribution in [0.15, 0.2) is 72.0 Å². The van der Waals surface area contributed by atoms with Gasteiger partial charge in [0.25, 0.3) is 0 Å². The van der Waals surface area contributed by atoms with Crippen molar-refractivity contribution in [2.45, 2.75) is 4.90 Å². The molecule has 1 fully saturated rings. The number of halogens is 1. The maximum atomic E-state index is 12.2. The van der Waals surface area contributed by atoms with Crippen LogP contribution in [0.4, 0.5) is 5.82 Å². The zero-order valence-electron chi connectivity index (χ0n) is 20.0. The van der Waals surface area contributed by atoms with Crippen molar-refractivity contribution in [3.63, 3.8) is 0 Å². The first kappa shape index (κ1) is 24.4. The second-order valence-corrected chi connectivity index (χ2v) is 10.7. The Balaban J connectivity index is 1.39. The number of rotatable bonds is 5. The van der Waals surface area contributed by atoms with E-state index in [2.05, 4.69) is 30.0 Å². The van der Waals surface area contributed by atoms with E-state index < -0.39 is 10.0 Å². The average molecular weight is 548 g/mol. The number of anilines is 1. The SMILES string of the molecule is NS(=O)(=O)c1ccccc1-c1cc(-c2cnc3n[nH]c(-c4ccc(N5CCOCC5)nc4)c3c2)cnc1Cl. The molecule has 192 valence electrons. The number of nitrogens with zero attached hydrogens (tertiary/aromatic N) is 5. The minimum absolute atomic E-state index is 0.0282. The molecule has 0 unspecified atom stereocenters. The molecule has 0 amide bonds. The molecule has 0 spiro atoms. The lowest BCUT2D eigenvalue weighted by molar-refractivity contribution is 0.122. The fourth-order valence-electron chi connectivity index (χ4n) is 4.52. The van der Waals surface area contributed by atoms with E-state index in [4.69, 9.17) is 21.5 Å². The summed E-state index contributed by atoms with van der Waals surface area (Å²) in [7, 11) is -3.97. The standard InChI is InChI=1S/C26H22ClN7O3S/c27-25-20(19-3-1-2-4-22(19)38(28,35)36)11-17(14-30-25)18-12-21-24(32-33-26(21)31-15-18)16-5-6-23(29-13-16)34-7-9-37-10-8-34/h1-6,11-15H,7-10H2,(H2,28,35,36)(H,31,32,33). The van der Waals surface area contributed by atoms with Gasteiger partial charge in [-0.1, -0.05) is 29.8 Å². The van der Waals surface area contributed by atoms with Gasteiger partial charge in [-0.25, -0.2) is 28.5 Å². The molecular formula is C26H22ClN7O3S. The number of H-pyrrole nitrogens is 1. The van der Waals surface area contributed by atoms with Gasteiger partial charge in [-0.3, -0.25) is 5.10 Å². The molecule has 10 nitrogen and oxygen atoms in total. The van der Waals surface area contributed by atoms with E-state index in [1.807, 2.05) is 24.4 Å². The van der Waals surface area contributed by atoms with Crippen molar-refractivity contribution < 1.29 is 13.2 Å². The van der Waals surface area contributed by atoms with E-state index in [0.717, 1.165) is 41.1 Å². The van der Waals surface area contributed by atoms with E-state index in [9.17, 15) is 8.42 Å². The molecular weight excluding hydrogens is 526 g/mol. The van der Waals surface area contributed by atoms with E-state index in [1.165, 1.54) is 6.07 Å². The summed E-state index contributed by atoms with van der Waals surface area (Å²) < 4.78 is 29.8. The van der Waals surface area contributed by atoms with Gasteiger partial charge in [0.2, 0.25) is 10.0 Å². The van der Waals surface area contributed by atoms with Gasteiger partial charge < -0.3 is 9.64 Å². The highest BCUT2D eigenvalue weighted by atomic mass is 35.5. The van der Waals surface area contributed by atoms with E-state index >= 15 is 0 Å². The summed E-state index contributed by atoms with van der Waals surface area (Å²) in [4.78, 5) is 15.6. The summed E-state index contributed by atoms with van der Waals surface area (Å²) in [6.07, 6.45) is 5.12. The first-order valence-electron chi connectivity index (χ1n) is 11.8. The van der Waals surface area contributed by atoms with Gasteiger partial charge in [-0.05, 0) is 30.3 Å². The third-order valence-corrected chi connectivity index (χ3v) is 7.71. The smallest absolute Gasteiger partial charge is 0.238 e. The lowest BCUT2D eigenvalue weighted by Gasteiger charge is -2.27. The van der Waals surface area contributed by atoms with Crippen LogP contribution in [0.3, 0.4) is 0 Å². The van der Waals surface area contributed by atoms with Crippen LogP contribution in [0.2, 0.25) is 5.15 Å². The first-order valence-corrected chi connectivity index (χ1v) is 13.7. The Morgan fingerprint density at radius 3 is 2.39 bits per heavy atom. The molecule has 5 aromatic rings. The fourth-order valence-corrected chi connectivity index (χ4v) is 5.48. The van der Waals surface area contributed by atoms with Crippen molar-refractivity contribution in [3.05, 3.63) is 72.3 Å². The maximum Gasteiger partial charge on any atom is 0.238 e. The van der Waals surface area contributed by atoms with Crippen molar-refractivity contribution in [2.24, 2.45) is 5.14 Å². The molecule has 1 aliphatic rings. The minimum atomic E-state index is -3.97. The summed E-state index contributed by atoms with van der Waals surface area (Å²) in [6, 6.07) is 14.1. The van der Waals surface area contributed by atoms with Crippen molar-refractivity contribution >= 4 is 38.5 Å². The Bertz CT molecular complexity index is 1750. The number of ether oxygens (including phenoxy) is 1. The summed E-state index contributed by atoms with van der Waals surface area (Å²) in [5, 5.41) is 13.8. The summed E-state index contributed by atoms with van der Waals surface area (Å²) >= 11 is 6.40. The Kier molecular flexibility index (Phi) is 6.28. The number of aromatic amines is 1. The highest BCUT2D eigenvalue weighted by molar-refractivity contribution is 7.89. The molecule has 3 N–H and O–H groups in total. The van der Waals surface area contributed by atoms with Crippen LogP contribution >= 0.6 is 11.6 Å². The van der Waals surface area contributed by atoms with Crippen LogP contribution in [0.5, 0.6) is 0 Å². The molecule has 0 aliphatic carbocycles. The van der Waals surface area contributed by atoms with E-state index in [0.29, 0.717) is 35.6 Å². The van der Waals surface area contributed by atoms with Crippen LogP contribution < -0.4 is 10.0 Å². The Hall–Kier alpha value is -3.90. The second kappa shape index (κ2) is 9.76. The predicted molar refractivity (Wildman–Crippen MR) is 145 cm³/mol. The number of fused-ring (bicyclic) bond motifs is 1. The largest absolute Gasteiger partial charge is 0.378 e. The Morgan fingerprint density at radius 1 is 0.895 bits per heavy atom. The molecule has 4 aromatic heterocycles. The van der Waals surface area contributed by atoms with Gasteiger partial charge in [0.15, 0.2) is 5.65 Å². The number of hydrogen-bond acceptors (Lipinski definition) is 8. The van der Waals surface area contributed by atoms with Crippen molar-refractivity contribution in [1.29, 1.82) is 0 Å². The zero-order valence-corrected chi connectivity index (χ0v) is 21.6. The third-order valence-electron chi connectivity index (χ3n) is 6.44. The number of morpholine rings is 1. The van der Waals surface area contributed by atoms with Crippen molar-refractivity contribution in [3.8, 4) is 33.5 Å². The van der Waals surface area contributed by atoms with Gasteiger partial charge in [0.1, 0.15) is 11.0 Å². The lowest BCUT2D eigenvalue weighted by atomic mass is 10.0.